The Morgan fingerprint density at radius 1 is 1.24 bits per heavy atom. The monoisotopic (exact) mass is 410 g/mol. The van der Waals surface area contributed by atoms with Gasteiger partial charge in [0.2, 0.25) is 6.41 Å². The molecular formula is C21H19ClN4O3. The third kappa shape index (κ3) is 3.28. The van der Waals surface area contributed by atoms with Gasteiger partial charge in [-0.25, -0.2) is 4.79 Å². The highest BCUT2D eigenvalue weighted by Gasteiger charge is 2.15. The molecule has 0 saturated heterocycles. The van der Waals surface area contributed by atoms with Crippen molar-refractivity contribution in [3.05, 3.63) is 58.1 Å². The van der Waals surface area contributed by atoms with Crippen molar-refractivity contribution in [3.63, 3.8) is 0 Å². The van der Waals surface area contributed by atoms with Crippen molar-refractivity contribution >= 4 is 45.6 Å². The highest BCUT2D eigenvalue weighted by Crippen LogP contribution is 2.33. The molecule has 2 heterocycles. The van der Waals surface area contributed by atoms with Gasteiger partial charge in [0.15, 0.2) is 0 Å². The zero-order valence-corrected chi connectivity index (χ0v) is 16.7. The lowest BCUT2D eigenvalue weighted by Gasteiger charge is -2.10. The van der Waals surface area contributed by atoms with Crippen LogP contribution in [-0.4, -0.2) is 34.2 Å². The number of aromatic nitrogens is 3. The van der Waals surface area contributed by atoms with Crippen LogP contribution in [-0.2, 0) is 23.1 Å². The first-order valence-electron chi connectivity index (χ1n) is 9.02. The summed E-state index contributed by atoms with van der Waals surface area (Å²) in [6.45, 7) is 0.877. The number of hydrogen-bond donors (Lipinski definition) is 1. The van der Waals surface area contributed by atoms with Crippen LogP contribution in [0, 0.1) is 0 Å². The van der Waals surface area contributed by atoms with Gasteiger partial charge in [-0.05, 0) is 29.8 Å². The number of pyridine rings is 1. The molecule has 0 aliphatic heterocycles. The molecule has 0 unspecified atom stereocenters. The van der Waals surface area contributed by atoms with E-state index in [1.54, 1.807) is 41.6 Å². The summed E-state index contributed by atoms with van der Waals surface area (Å²) in [5.41, 5.74) is 4.58. The molecule has 1 amide bonds. The van der Waals surface area contributed by atoms with E-state index < -0.39 is 0 Å². The van der Waals surface area contributed by atoms with Crippen LogP contribution in [0.25, 0.3) is 33.1 Å². The lowest BCUT2D eigenvalue weighted by atomic mass is 10.0. The number of fused-ring (bicyclic) bond motifs is 3. The molecule has 148 valence electrons. The summed E-state index contributed by atoms with van der Waals surface area (Å²) < 4.78 is 8.49. The fraction of sp³-hybridized carbons (Fsp3) is 0.190. The number of nitrogens with zero attached hydrogens (tertiary/aromatic N) is 3. The van der Waals surface area contributed by atoms with Crippen LogP contribution in [0.15, 0.2) is 47.4 Å². The normalized spacial score (nSPS) is 11.3. The van der Waals surface area contributed by atoms with Crippen molar-refractivity contribution in [2.24, 2.45) is 7.05 Å². The lowest BCUT2D eigenvalue weighted by molar-refractivity contribution is -0.105. The maximum Gasteiger partial charge on any atom is 0.328 e. The SMILES string of the molecule is COCCn1c(=O)n(C)c2cnc3ccc(-c4ccc(NC=O)cc4Cl)cc3c21. The predicted molar refractivity (Wildman–Crippen MR) is 114 cm³/mol. The van der Waals surface area contributed by atoms with Crippen LogP contribution >= 0.6 is 11.6 Å². The number of amides is 1. The number of methoxy groups -OCH3 is 1. The average molecular weight is 411 g/mol. The maximum absolute atomic E-state index is 12.7. The number of nitrogens with one attached hydrogen (secondary N) is 1. The molecule has 0 atom stereocenters. The summed E-state index contributed by atoms with van der Waals surface area (Å²) in [6, 6.07) is 11.2. The number of ether oxygens (including phenoxy) is 1. The molecule has 0 spiro atoms. The molecule has 0 radical (unpaired) electrons. The van der Waals surface area contributed by atoms with E-state index in [1.807, 2.05) is 24.3 Å². The van der Waals surface area contributed by atoms with E-state index >= 15 is 0 Å². The minimum absolute atomic E-state index is 0.112. The van der Waals surface area contributed by atoms with Gasteiger partial charge < -0.3 is 10.1 Å². The molecule has 2 aromatic carbocycles. The van der Waals surface area contributed by atoms with Crippen molar-refractivity contribution in [2.75, 3.05) is 19.0 Å². The van der Waals surface area contributed by atoms with Crippen molar-refractivity contribution in [1.82, 2.24) is 14.1 Å². The van der Waals surface area contributed by atoms with E-state index in [9.17, 15) is 9.59 Å². The fourth-order valence-corrected chi connectivity index (χ4v) is 3.83. The Morgan fingerprint density at radius 2 is 2.07 bits per heavy atom. The summed E-state index contributed by atoms with van der Waals surface area (Å²) >= 11 is 6.45. The van der Waals surface area contributed by atoms with Crippen LogP contribution in [0.3, 0.4) is 0 Å². The van der Waals surface area contributed by atoms with E-state index in [1.165, 1.54) is 0 Å². The number of aryl methyl sites for hydroxylation is 1. The Bertz CT molecular complexity index is 1290. The highest BCUT2D eigenvalue weighted by atomic mass is 35.5. The summed E-state index contributed by atoms with van der Waals surface area (Å²) in [5, 5.41) is 3.97. The van der Waals surface area contributed by atoms with Crippen LogP contribution in [0.5, 0.6) is 0 Å². The number of halogens is 1. The first-order valence-corrected chi connectivity index (χ1v) is 9.40. The molecule has 4 aromatic rings. The molecule has 8 heteroatoms. The molecule has 7 nitrogen and oxygen atoms in total. The molecule has 1 N–H and O–H groups in total. The topological polar surface area (TPSA) is 78.2 Å². The summed E-state index contributed by atoms with van der Waals surface area (Å²) in [5.74, 6) is 0. The standard InChI is InChI=1S/C21H19ClN4O3/c1-25-19-11-23-18-6-3-13(15-5-4-14(24-12-27)10-17(15)22)9-16(18)20(19)26(21(25)28)7-8-29-2/h3-6,9-12H,7-8H2,1-2H3,(H,24,27). The second-order valence-corrected chi connectivity index (χ2v) is 7.07. The number of carbonyl (C=O) groups is 1. The van der Waals surface area contributed by atoms with Crippen molar-refractivity contribution < 1.29 is 9.53 Å². The van der Waals surface area contributed by atoms with Crippen LogP contribution < -0.4 is 11.0 Å². The van der Waals surface area contributed by atoms with Gasteiger partial charge in [-0.2, -0.15) is 0 Å². The Morgan fingerprint density at radius 3 is 2.79 bits per heavy atom. The predicted octanol–water partition coefficient (Wildman–Crippen LogP) is 3.42. The third-order valence-corrected chi connectivity index (χ3v) is 5.31. The zero-order chi connectivity index (χ0) is 20.5. The Balaban J connectivity index is 1.95. The van der Waals surface area contributed by atoms with E-state index in [2.05, 4.69) is 10.3 Å². The molecule has 0 saturated carbocycles. The molecule has 0 aliphatic carbocycles. The van der Waals surface area contributed by atoms with Gasteiger partial charge >= 0.3 is 5.69 Å². The fourth-order valence-electron chi connectivity index (χ4n) is 3.54. The number of imidazole rings is 1. The van der Waals surface area contributed by atoms with Gasteiger partial charge in [-0.15, -0.1) is 0 Å². The second kappa shape index (κ2) is 7.69. The largest absolute Gasteiger partial charge is 0.383 e. The molecule has 0 fully saturated rings. The van der Waals surface area contributed by atoms with Gasteiger partial charge in [0.05, 0.1) is 40.9 Å². The quantitative estimate of drug-likeness (QED) is 0.494. The Kier molecular flexibility index (Phi) is 5.08. The van der Waals surface area contributed by atoms with Gasteiger partial charge in [-0.3, -0.25) is 18.9 Å². The van der Waals surface area contributed by atoms with Gasteiger partial charge in [0.25, 0.3) is 0 Å². The summed E-state index contributed by atoms with van der Waals surface area (Å²) in [7, 11) is 3.35. The maximum atomic E-state index is 12.7. The van der Waals surface area contributed by atoms with E-state index in [0.717, 1.165) is 33.1 Å². The third-order valence-electron chi connectivity index (χ3n) is 4.99. The number of rotatable bonds is 6. The summed E-state index contributed by atoms with van der Waals surface area (Å²) in [4.78, 5) is 27.9. The number of benzene rings is 2. The minimum Gasteiger partial charge on any atom is -0.383 e. The lowest BCUT2D eigenvalue weighted by Crippen LogP contribution is -2.23. The number of anilines is 1. The first kappa shape index (κ1) is 19.2. The molecule has 2 aromatic heterocycles. The van der Waals surface area contributed by atoms with E-state index in [-0.39, 0.29) is 5.69 Å². The van der Waals surface area contributed by atoms with Crippen molar-refractivity contribution in [2.45, 2.75) is 6.54 Å². The molecule has 0 bridgehead atoms. The Hall–Kier alpha value is -3.16. The average Bonchev–Trinajstić information content (AvgIpc) is 2.97. The van der Waals surface area contributed by atoms with Crippen LogP contribution in [0.4, 0.5) is 5.69 Å². The van der Waals surface area contributed by atoms with Gasteiger partial charge in [-0.1, -0.05) is 23.7 Å². The summed E-state index contributed by atoms with van der Waals surface area (Å²) in [6.07, 6.45) is 2.33. The first-order chi connectivity index (χ1) is 14.0. The minimum atomic E-state index is -0.112. The van der Waals surface area contributed by atoms with E-state index in [0.29, 0.717) is 30.3 Å². The zero-order valence-electron chi connectivity index (χ0n) is 16.0. The van der Waals surface area contributed by atoms with Crippen LogP contribution in [0.2, 0.25) is 5.02 Å². The second-order valence-electron chi connectivity index (χ2n) is 6.67. The van der Waals surface area contributed by atoms with Crippen molar-refractivity contribution in [3.8, 4) is 11.1 Å². The molecule has 4 rings (SSSR count). The molecule has 0 aliphatic rings. The number of hydrogen-bond acceptors (Lipinski definition) is 4. The smallest absolute Gasteiger partial charge is 0.328 e. The molecular weight excluding hydrogens is 392 g/mol. The van der Waals surface area contributed by atoms with Gasteiger partial charge in [0.1, 0.15) is 0 Å². The van der Waals surface area contributed by atoms with Crippen LogP contribution in [0.1, 0.15) is 0 Å². The number of carbonyl (C=O) groups excluding carboxylic acids is 1. The highest BCUT2D eigenvalue weighted by molar-refractivity contribution is 6.33. The van der Waals surface area contributed by atoms with E-state index in [4.69, 9.17) is 16.3 Å². The molecule has 29 heavy (non-hydrogen) atoms. The Labute approximate surface area is 171 Å². The van der Waals surface area contributed by atoms with Gasteiger partial charge in [0, 0.05) is 30.8 Å². The van der Waals surface area contributed by atoms with Crippen molar-refractivity contribution in [1.29, 1.82) is 0 Å².